The van der Waals surface area contributed by atoms with Crippen LogP contribution in [0.1, 0.15) is 37.8 Å². The summed E-state index contributed by atoms with van der Waals surface area (Å²) in [5, 5.41) is 17.5. The lowest BCUT2D eigenvalue weighted by molar-refractivity contribution is -0.143. The second-order valence-electron chi connectivity index (χ2n) is 6.35. The van der Waals surface area contributed by atoms with Gasteiger partial charge in [-0.1, -0.05) is 81.4 Å². The quantitative estimate of drug-likeness (QED) is 0.717. The molecule has 5 N–H and O–H groups in total. The first-order chi connectivity index (χ1) is 11.5. The van der Waals surface area contributed by atoms with Crippen molar-refractivity contribution in [3.05, 3.63) is 71.8 Å². The van der Waals surface area contributed by atoms with Crippen LogP contribution in [0.3, 0.4) is 0 Å². The zero-order valence-corrected chi connectivity index (χ0v) is 15.4. The molecule has 0 aromatic heterocycles. The molecule has 2 atom stereocenters. The topological polar surface area (TPSA) is 92.5 Å². The van der Waals surface area contributed by atoms with E-state index in [4.69, 9.17) is 10.2 Å². The number of rotatable bonds is 6. The van der Waals surface area contributed by atoms with Crippen molar-refractivity contribution in [3.63, 3.8) is 0 Å². The van der Waals surface area contributed by atoms with E-state index in [9.17, 15) is 4.79 Å². The Morgan fingerprint density at radius 3 is 1.80 bits per heavy atom. The fraction of sp³-hybridized carbons (Fsp3) is 0.381. The second-order valence-corrected chi connectivity index (χ2v) is 6.35. The molecular weight excluding hydrogens is 314 g/mol. The molecular formula is C21H31NO3. The standard InChI is InChI=1S/C11H16.C10H12O3.H3N/c1-9(2)10(3)11-7-5-4-6-8-11;11-7-9(10(12)13)6-8-4-2-1-3-5-8;/h4-10H,1-3H3;1-5,9,11H,6-7H2,(H,12,13);1H3. The van der Waals surface area contributed by atoms with Gasteiger partial charge < -0.3 is 16.4 Å². The van der Waals surface area contributed by atoms with Gasteiger partial charge in [-0.15, -0.1) is 0 Å². The Balaban J connectivity index is 0.000000449. The summed E-state index contributed by atoms with van der Waals surface area (Å²) in [6.45, 7) is 6.49. The van der Waals surface area contributed by atoms with Crippen LogP contribution in [0.15, 0.2) is 60.7 Å². The van der Waals surface area contributed by atoms with E-state index in [0.717, 1.165) is 11.5 Å². The van der Waals surface area contributed by atoms with Crippen LogP contribution in [0, 0.1) is 11.8 Å². The zero-order chi connectivity index (χ0) is 17.9. The summed E-state index contributed by atoms with van der Waals surface area (Å²) < 4.78 is 0. The van der Waals surface area contributed by atoms with Gasteiger partial charge in [0.15, 0.2) is 0 Å². The van der Waals surface area contributed by atoms with Crippen LogP contribution in [0.2, 0.25) is 0 Å². The third kappa shape index (κ3) is 8.47. The first-order valence-electron chi connectivity index (χ1n) is 8.38. The Morgan fingerprint density at radius 1 is 0.920 bits per heavy atom. The summed E-state index contributed by atoms with van der Waals surface area (Å²) in [5.41, 5.74) is 2.38. The summed E-state index contributed by atoms with van der Waals surface area (Å²) in [4.78, 5) is 10.6. The molecule has 0 radical (unpaired) electrons. The molecule has 138 valence electrons. The largest absolute Gasteiger partial charge is 0.481 e. The molecule has 0 aliphatic rings. The molecule has 2 aromatic carbocycles. The van der Waals surface area contributed by atoms with E-state index in [-0.39, 0.29) is 12.8 Å². The Labute approximate surface area is 151 Å². The van der Waals surface area contributed by atoms with Crippen LogP contribution in [0.25, 0.3) is 0 Å². The number of carboxylic acid groups (broad SMARTS) is 1. The van der Waals surface area contributed by atoms with Crippen molar-refractivity contribution >= 4 is 5.97 Å². The highest BCUT2D eigenvalue weighted by Crippen LogP contribution is 2.22. The molecule has 0 fully saturated rings. The molecule has 0 aliphatic carbocycles. The summed E-state index contributed by atoms with van der Waals surface area (Å²) >= 11 is 0. The van der Waals surface area contributed by atoms with Crippen LogP contribution in [0.5, 0.6) is 0 Å². The molecule has 4 nitrogen and oxygen atoms in total. The highest BCUT2D eigenvalue weighted by Gasteiger charge is 2.16. The Kier molecular flexibility index (Phi) is 11.2. The second kappa shape index (κ2) is 12.2. The van der Waals surface area contributed by atoms with Crippen molar-refractivity contribution in [3.8, 4) is 0 Å². The van der Waals surface area contributed by atoms with Gasteiger partial charge in [0.1, 0.15) is 0 Å². The number of hydrogen-bond donors (Lipinski definition) is 3. The highest BCUT2D eigenvalue weighted by atomic mass is 16.4. The van der Waals surface area contributed by atoms with Crippen LogP contribution < -0.4 is 6.15 Å². The molecule has 2 rings (SSSR count). The average molecular weight is 345 g/mol. The maximum atomic E-state index is 10.6. The van der Waals surface area contributed by atoms with E-state index in [2.05, 4.69) is 51.1 Å². The van der Waals surface area contributed by atoms with Gasteiger partial charge in [-0.2, -0.15) is 0 Å². The maximum Gasteiger partial charge on any atom is 0.309 e. The molecule has 0 spiro atoms. The first kappa shape index (κ1) is 22.8. The smallest absolute Gasteiger partial charge is 0.309 e. The number of aliphatic carboxylic acids is 1. The third-order valence-corrected chi connectivity index (χ3v) is 4.22. The van der Waals surface area contributed by atoms with Gasteiger partial charge in [-0.05, 0) is 29.4 Å². The van der Waals surface area contributed by atoms with Gasteiger partial charge in [-0.3, -0.25) is 4.79 Å². The molecule has 0 bridgehead atoms. The fourth-order valence-electron chi connectivity index (χ4n) is 2.27. The minimum atomic E-state index is -0.952. The van der Waals surface area contributed by atoms with Crippen LogP contribution in [0.4, 0.5) is 0 Å². The van der Waals surface area contributed by atoms with Crippen molar-refractivity contribution in [1.82, 2.24) is 6.15 Å². The number of aliphatic hydroxyl groups is 1. The molecule has 0 saturated heterocycles. The summed E-state index contributed by atoms with van der Waals surface area (Å²) in [5.74, 6) is -0.234. The van der Waals surface area contributed by atoms with E-state index in [1.165, 1.54) is 5.56 Å². The maximum absolute atomic E-state index is 10.6. The van der Waals surface area contributed by atoms with Crippen LogP contribution in [-0.2, 0) is 11.2 Å². The number of carbonyl (C=O) groups is 1. The molecule has 2 unspecified atom stereocenters. The zero-order valence-electron chi connectivity index (χ0n) is 15.4. The number of hydrogen-bond acceptors (Lipinski definition) is 3. The van der Waals surface area contributed by atoms with Crippen molar-refractivity contribution < 1.29 is 15.0 Å². The lowest BCUT2D eigenvalue weighted by atomic mass is 9.91. The SMILES string of the molecule is CC(C)C(C)c1ccccc1.N.O=C(O)C(CO)Cc1ccccc1. The molecule has 0 amide bonds. The van der Waals surface area contributed by atoms with E-state index < -0.39 is 11.9 Å². The Hall–Kier alpha value is -2.17. The van der Waals surface area contributed by atoms with Gasteiger partial charge >= 0.3 is 5.97 Å². The van der Waals surface area contributed by atoms with Crippen molar-refractivity contribution in [1.29, 1.82) is 0 Å². The Bertz CT molecular complexity index is 585. The van der Waals surface area contributed by atoms with E-state index in [0.29, 0.717) is 12.3 Å². The number of benzene rings is 2. The lowest BCUT2D eigenvalue weighted by Crippen LogP contribution is -2.20. The average Bonchev–Trinajstić information content (AvgIpc) is 2.61. The van der Waals surface area contributed by atoms with Gasteiger partial charge in [-0.25, -0.2) is 0 Å². The van der Waals surface area contributed by atoms with Gasteiger partial charge in [0.05, 0.1) is 12.5 Å². The molecule has 0 saturated carbocycles. The van der Waals surface area contributed by atoms with Gasteiger partial charge in [0.25, 0.3) is 0 Å². The summed E-state index contributed by atoms with van der Waals surface area (Å²) in [7, 11) is 0. The molecule has 0 heterocycles. The van der Waals surface area contributed by atoms with Crippen molar-refractivity contribution in [2.45, 2.75) is 33.1 Å². The predicted octanol–water partition coefficient (Wildman–Crippen LogP) is 4.53. The van der Waals surface area contributed by atoms with Gasteiger partial charge in [0.2, 0.25) is 0 Å². The predicted molar refractivity (Wildman–Crippen MR) is 103 cm³/mol. The normalized spacial score (nSPS) is 12.4. The monoisotopic (exact) mass is 345 g/mol. The molecule has 4 heteroatoms. The van der Waals surface area contributed by atoms with E-state index in [1.54, 1.807) is 0 Å². The van der Waals surface area contributed by atoms with Crippen LogP contribution >= 0.6 is 0 Å². The first-order valence-corrected chi connectivity index (χ1v) is 8.38. The van der Waals surface area contributed by atoms with E-state index >= 15 is 0 Å². The highest BCUT2D eigenvalue weighted by molar-refractivity contribution is 5.70. The molecule has 2 aromatic rings. The summed E-state index contributed by atoms with van der Waals surface area (Å²) in [6, 6.07) is 20.0. The minimum absolute atomic E-state index is 0. The van der Waals surface area contributed by atoms with E-state index in [1.807, 2.05) is 30.3 Å². The van der Waals surface area contributed by atoms with Crippen molar-refractivity contribution in [2.24, 2.45) is 11.8 Å². The minimum Gasteiger partial charge on any atom is -0.481 e. The number of carboxylic acids is 1. The fourth-order valence-corrected chi connectivity index (χ4v) is 2.27. The summed E-state index contributed by atoms with van der Waals surface area (Å²) in [6.07, 6.45) is 0.382. The third-order valence-electron chi connectivity index (χ3n) is 4.22. The lowest BCUT2D eigenvalue weighted by Gasteiger charge is -2.15. The molecule has 0 aliphatic heterocycles. The number of aliphatic hydroxyl groups excluding tert-OH is 1. The van der Waals surface area contributed by atoms with Crippen molar-refractivity contribution in [2.75, 3.05) is 6.61 Å². The van der Waals surface area contributed by atoms with Gasteiger partial charge in [0, 0.05) is 0 Å². The molecule has 25 heavy (non-hydrogen) atoms. The van der Waals surface area contributed by atoms with Crippen LogP contribution in [-0.4, -0.2) is 22.8 Å². The Morgan fingerprint density at radius 2 is 1.40 bits per heavy atom.